The fourth-order valence-electron chi connectivity index (χ4n) is 1.64. The zero-order valence-electron chi connectivity index (χ0n) is 9.04. The van der Waals surface area contributed by atoms with Gasteiger partial charge in [0.25, 0.3) is 0 Å². The molecule has 1 unspecified atom stereocenters. The summed E-state index contributed by atoms with van der Waals surface area (Å²) in [4.78, 5) is 24.1. The number of rotatable bonds is 1. The molecule has 0 saturated carbocycles. The van der Waals surface area contributed by atoms with Crippen molar-refractivity contribution in [2.75, 3.05) is 11.4 Å². The first-order chi connectivity index (χ1) is 7.99. The summed E-state index contributed by atoms with van der Waals surface area (Å²) in [6.45, 7) is 1.86. The van der Waals surface area contributed by atoms with E-state index in [2.05, 4.69) is 21.2 Å². The average molecular weight is 301 g/mol. The van der Waals surface area contributed by atoms with Gasteiger partial charge < -0.3 is 0 Å². The third kappa shape index (κ3) is 2.31. The number of halogens is 2. The number of imide groups is 1. The van der Waals surface area contributed by atoms with Crippen molar-refractivity contribution in [3.8, 4) is 0 Å². The predicted octanol–water partition coefficient (Wildman–Crippen LogP) is 2.28. The smallest absolute Gasteiger partial charge is 0.290 e. The van der Waals surface area contributed by atoms with Crippen LogP contribution in [0.4, 0.5) is 14.9 Å². The summed E-state index contributed by atoms with van der Waals surface area (Å²) in [6.07, 6.45) is 0. The molecule has 17 heavy (non-hydrogen) atoms. The van der Waals surface area contributed by atoms with Gasteiger partial charge in [-0.15, -0.1) is 0 Å². The van der Waals surface area contributed by atoms with Gasteiger partial charge in [-0.3, -0.25) is 15.0 Å². The van der Waals surface area contributed by atoms with E-state index in [9.17, 15) is 14.0 Å². The summed E-state index contributed by atoms with van der Waals surface area (Å²) in [6, 6.07) is 3.74. The summed E-state index contributed by atoms with van der Waals surface area (Å²) < 4.78 is 14.3. The highest BCUT2D eigenvalue weighted by Crippen LogP contribution is 2.26. The zero-order valence-corrected chi connectivity index (χ0v) is 10.6. The van der Waals surface area contributed by atoms with Gasteiger partial charge in [0.15, 0.2) is 0 Å². The topological polar surface area (TPSA) is 49.4 Å². The Bertz CT molecular complexity index is 492. The highest BCUT2D eigenvalue weighted by molar-refractivity contribution is 9.10. The summed E-state index contributed by atoms with van der Waals surface area (Å²) in [7, 11) is 0. The SMILES string of the molecule is CC1CN(c2cc(Br)ccc2F)C(=O)NC1=O. The van der Waals surface area contributed by atoms with Crippen LogP contribution < -0.4 is 10.2 Å². The molecule has 2 rings (SSSR count). The fourth-order valence-corrected chi connectivity index (χ4v) is 1.99. The lowest BCUT2D eigenvalue weighted by molar-refractivity contribution is -0.123. The number of carbonyl (C=O) groups is 2. The van der Waals surface area contributed by atoms with E-state index in [1.165, 1.54) is 17.0 Å². The third-order valence-corrected chi connectivity index (χ3v) is 3.07. The van der Waals surface area contributed by atoms with E-state index in [1.54, 1.807) is 13.0 Å². The summed E-state index contributed by atoms with van der Waals surface area (Å²) in [5.41, 5.74) is 0.163. The van der Waals surface area contributed by atoms with Crippen molar-refractivity contribution >= 4 is 33.6 Å². The lowest BCUT2D eigenvalue weighted by Gasteiger charge is -2.30. The van der Waals surface area contributed by atoms with Crippen LogP contribution in [0.15, 0.2) is 22.7 Å². The maximum Gasteiger partial charge on any atom is 0.328 e. The monoisotopic (exact) mass is 300 g/mol. The van der Waals surface area contributed by atoms with Crippen LogP contribution in [0.2, 0.25) is 0 Å². The van der Waals surface area contributed by atoms with E-state index < -0.39 is 11.8 Å². The lowest BCUT2D eigenvalue weighted by atomic mass is 10.1. The highest BCUT2D eigenvalue weighted by atomic mass is 79.9. The number of urea groups is 1. The second kappa shape index (κ2) is 4.44. The van der Waals surface area contributed by atoms with Crippen LogP contribution in [-0.4, -0.2) is 18.5 Å². The molecule has 90 valence electrons. The van der Waals surface area contributed by atoms with Gasteiger partial charge in [-0.05, 0) is 18.2 Å². The average Bonchev–Trinajstić information content (AvgIpc) is 2.27. The van der Waals surface area contributed by atoms with Crippen LogP contribution in [0, 0.1) is 11.7 Å². The van der Waals surface area contributed by atoms with Gasteiger partial charge in [-0.25, -0.2) is 9.18 Å². The van der Waals surface area contributed by atoms with Gasteiger partial charge >= 0.3 is 6.03 Å². The minimum Gasteiger partial charge on any atom is -0.290 e. The van der Waals surface area contributed by atoms with E-state index in [4.69, 9.17) is 0 Å². The maximum absolute atomic E-state index is 13.6. The Morgan fingerprint density at radius 3 is 2.88 bits per heavy atom. The van der Waals surface area contributed by atoms with Crippen molar-refractivity contribution in [2.45, 2.75) is 6.92 Å². The molecule has 0 radical (unpaired) electrons. The molecule has 0 spiro atoms. The minimum absolute atomic E-state index is 0.163. The molecule has 4 nitrogen and oxygen atoms in total. The Labute approximate surface area is 106 Å². The van der Waals surface area contributed by atoms with Crippen molar-refractivity contribution in [3.05, 3.63) is 28.5 Å². The maximum atomic E-state index is 13.6. The number of nitrogens with zero attached hydrogens (tertiary/aromatic N) is 1. The van der Waals surface area contributed by atoms with Crippen molar-refractivity contribution in [3.63, 3.8) is 0 Å². The molecule has 1 saturated heterocycles. The number of carbonyl (C=O) groups excluding carboxylic acids is 2. The minimum atomic E-state index is -0.592. The molecule has 0 aliphatic carbocycles. The number of benzene rings is 1. The first-order valence-corrected chi connectivity index (χ1v) is 5.85. The molecular weight excluding hydrogens is 291 g/mol. The number of nitrogens with one attached hydrogen (secondary N) is 1. The van der Waals surface area contributed by atoms with Gasteiger partial charge in [0.1, 0.15) is 5.82 Å². The molecule has 1 aliphatic rings. The van der Waals surface area contributed by atoms with Gasteiger partial charge in [-0.1, -0.05) is 22.9 Å². The number of hydrogen-bond donors (Lipinski definition) is 1. The Balaban J connectivity index is 2.36. The van der Waals surface area contributed by atoms with Crippen LogP contribution in [0.1, 0.15) is 6.92 Å². The van der Waals surface area contributed by atoms with E-state index in [0.29, 0.717) is 4.47 Å². The van der Waals surface area contributed by atoms with Crippen LogP contribution >= 0.6 is 15.9 Å². The molecule has 0 aromatic heterocycles. The van der Waals surface area contributed by atoms with Crippen LogP contribution in [0.5, 0.6) is 0 Å². The second-order valence-corrected chi connectivity index (χ2v) is 4.82. The molecule has 1 fully saturated rings. The molecule has 0 bridgehead atoms. The number of amides is 3. The fraction of sp³-hybridized carbons (Fsp3) is 0.273. The normalized spacial score (nSPS) is 20.4. The van der Waals surface area contributed by atoms with Crippen molar-refractivity contribution in [1.29, 1.82) is 0 Å². The van der Waals surface area contributed by atoms with E-state index >= 15 is 0 Å². The number of hydrogen-bond acceptors (Lipinski definition) is 2. The lowest BCUT2D eigenvalue weighted by Crippen LogP contribution is -2.54. The van der Waals surface area contributed by atoms with Crippen LogP contribution in [0.3, 0.4) is 0 Å². The Morgan fingerprint density at radius 1 is 1.47 bits per heavy atom. The van der Waals surface area contributed by atoms with Gasteiger partial charge in [0.05, 0.1) is 11.6 Å². The highest BCUT2D eigenvalue weighted by Gasteiger charge is 2.31. The van der Waals surface area contributed by atoms with E-state index in [0.717, 1.165) is 0 Å². The van der Waals surface area contributed by atoms with Crippen molar-refractivity contribution in [1.82, 2.24) is 5.32 Å². The van der Waals surface area contributed by atoms with Crippen molar-refractivity contribution in [2.24, 2.45) is 5.92 Å². The van der Waals surface area contributed by atoms with Crippen LogP contribution in [-0.2, 0) is 4.79 Å². The third-order valence-electron chi connectivity index (χ3n) is 2.58. The van der Waals surface area contributed by atoms with Gasteiger partial charge in [0, 0.05) is 11.0 Å². The molecule has 1 N–H and O–H groups in total. The molecule has 6 heteroatoms. The summed E-state index contributed by atoms with van der Waals surface area (Å²) in [5, 5.41) is 2.19. The van der Waals surface area contributed by atoms with Crippen molar-refractivity contribution < 1.29 is 14.0 Å². The Morgan fingerprint density at radius 2 is 2.18 bits per heavy atom. The largest absolute Gasteiger partial charge is 0.328 e. The predicted molar refractivity (Wildman–Crippen MR) is 64.1 cm³/mol. The summed E-state index contributed by atoms with van der Waals surface area (Å²) in [5.74, 6) is -1.18. The standard InChI is InChI=1S/C11H10BrFN2O2/c1-6-5-15(11(17)14-10(6)16)9-4-7(12)2-3-8(9)13/h2-4,6H,5H2,1H3,(H,14,16,17). The molecule has 1 aromatic rings. The first-order valence-electron chi connectivity index (χ1n) is 5.06. The Hall–Kier alpha value is -1.43. The van der Waals surface area contributed by atoms with E-state index in [1.807, 2.05) is 0 Å². The van der Waals surface area contributed by atoms with E-state index in [-0.39, 0.29) is 24.1 Å². The first kappa shape index (κ1) is 12.0. The molecule has 3 amide bonds. The second-order valence-electron chi connectivity index (χ2n) is 3.90. The van der Waals surface area contributed by atoms with Crippen LogP contribution in [0.25, 0.3) is 0 Å². The Kier molecular flexibility index (Phi) is 3.15. The molecule has 1 heterocycles. The summed E-state index contributed by atoms with van der Waals surface area (Å²) >= 11 is 3.22. The molecule has 1 aromatic carbocycles. The zero-order chi connectivity index (χ0) is 12.6. The molecular formula is C11H10BrFN2O2. The quantitative estimate of drug-likeness (QED) is 0.865. The molecule has 1 atom stereocenters. The number of anilines is 1. The van der Waals surface area contributed by atoms with Gasteiger partial charge in [0.2, 0.25) is 5.91 Å². The molecule has 1 aliphatic heterocycles. The van der Waals surface area contributed by atoms with Gasteiger partial charge in [-0.2, -0.15) is 0 Å².